The number of benzene rings is 2. The molecule has 2 rings (SSSR count). The molecular formula is C17H15ClF2N2O6S. The minimum Gasteiger partial charge on any atom is -0.452 e. The molecule has 0 aliphatic heterocycles. The number of anilines is 1. The van der Waals surface area contributed by atoms with Gasteiger partial charge in [0, 0.05) is 5.69 Å². The lowest BCUT2D eigenvalue weighted by Crippen LogP contribution is -2.21. The lowest BCUT2D eigenvalue weighted by Gasteiger charge is -2.11. The summed E-state index contributed by atoms with van der Waals surface area (Å²) in [6, 6.07) is 7.24. The first-order valence-corrected chi connectivity index (χ1v) is 9.74. The molecule has 0 saturated heterocycles. The van der Waals surface area contributed by atoms with Gasteiger partial charge in [-0.15, -0.1) is 0 Å². The number of hydrogen-bond donors (Lipinski definition) is 2. The number of nitrogens with one attached hydrogen (secondary N) is 1. The number of carbonyl (C=O) groups is 2. The van der Waals surface area contributed by atoms with Crippen LogP contribution in [-0.2, 0) is 19.6 Å². The van der Waals surface area contributed by atoms with Gasteiger partial charge in [-0.05, 0) is 42.8 Å². The highest BCUT2D eigenvalue weighted by Crippen LogP contribution is 2.28. The smallest absolute Gasteiger partial charge is 0.387 e. The lowest BCUT2D eigenvalue weighted by atomic mass is 10.1. The molecule has 0 radical (unpaired) electrons. The Labute approximate surface area is 169 Å². The van der Waals surface area contributed by atoms with E-state index in [1.54, 1.807) is 6.92 Å². The van der Waals surface area contributed by atoms with Gasteiger partial charge in [-0.25, -0.2) is 18.4 Å². The zero-order chi connectivity index (χ0) is 21.8. The van der Waals surface area contributed by atoms with E-state index in [-0.39, 0.29) is 26.9 Å². The number of hydrogen-bond acceptors (Lipinski definition) is 6. The number of carbonyl (C=O) groups excluding carboxylic acids is 2. The maximum Gasteiger partial charge on any atom is 0.387 e. The Morgan fingerprint density at radius 3 is 2.48 bits per heavy atom. The molecule has 2 aromatic rings. The van der Waals surface area contributed by atoms with Crippen molar-refractivity contribution in [2.45, 2.75) is 18.4 Å². The van der Waals surface area contributed by atoms with Crippen molar-refractivity contribution < 1.29 is 36.3 Å². The van der Waals surface area contributed by atoms with Crippen LogP contribution in [0.5, 0.6) is 5.75 Å². The van der Waals surface area contributed by atoms with E-state index in [1.807, 2.05) is 0 Å². The SMILES string of the molecule is Cc1ccc(S(N)(=O)=O)cc1C(=O)OCC(=O)Nc1ccc(OC(F)F)c(Cl)c1. The van der Waals surface area contributed by atoms with Gasteiger partial charge in [0.05, 0.1) is 15.5 Å². The van der Waals surface area contributed by atoms with Crippen molar-refractivity contribution in [2.24, 2.45) is 5.14 Å². The molecule has 3 N–H and O–H groups in total. The van der Waals surface area contributed by atoms with Gasteiger partial charge in [0.15, 0.2) is 6.61 Å². The molecule has 0 saturated carbocycles. The fraction of sp³-hybridized carbons (Fsp3) is 0.176. The van der Waals surface area contributed by atoms with Crippen molar-refractivity contribution >= 4 is 39.2 Å². The van der Waals surface area contributed by atoms with Crippen LogP contribution in [0.3, 0.4) is 0 Å². The molecule has 0 spiro atoms. The first-order chi connectivity index (χ1) is 13.5. The number of esters is 1. The van der Waals surface area contributed by atoms with Gasteiger partial charge in [0.1, 0.15) is 5.75 Å². The van der Waals surface area contributed by atoms with Crippen LogP contribution in [0.1, 0.15) is 15.9 Å². The minimum atomic E-state index is -4.02. The van der Waals surface area contributed by atoms with Crippen LogP contribution >= 0.6 is 11.6 Å². The summed E-state index contributed by atoms with van der Waals surface area (Å²) >= 11 is 5.78. The zero-order valence-corrected chi connectivity index (χ0v) is 16.4. The highest BCUT2D eigenvalue weighted by molar-refractivity contribution is 7.89. The van der Waals surface area contributed by atoms with E-state index in [0.717, 1.165) is 12.1 Å². The second kappa shape index (κ2) is 9.16. The van der Waals surface area contributed by atoms with Crippen molar-refractivity contribution in [1.29, 1.82) is 0 Å². The van der Waals surface area contributed by atoms with E-state index in [9.17, 15) is 26.8 Å². The molecule has 0 unspecified atom stereocenters. The van der Waals surface area contributed by atoms with Gasteiger partial charge in [0.25, 0.3) is 5.91 Å². The largest absolute Gasteiger partial charge is 0.452 e. The Kier molecular flexibility index (Phi) is 7.11. The first-order valence-electron chi connectivity index (χ1n) is 7.82. The standard InChI is InChI=1S/C17H15ClF2N2O6S/c1-9-2-4-11(29(21,25)26)7-12(9)16(24)27-8-15(23)22-10-3-5-14(13(18)6-10)28-17(19)20/h2-7,17H,8H2,1H3,(H,22,23)(H2,21,25,26). The number of sulfonamides is 1. The molecule has 8 nitrogen and oxygen atoms in total. The topological polar surface area (TPSA) is 125 Å². The summed E-state index contributed by atoms with van der Waals surface area (Å²) in [5, 5.41) is 7.23. The van der Waals surface area contributed by atoms with Crippen LogP contribution in [0.25, 0.3) is 0 Å². The number of rotatable bonds is 7. The molecule has 2 aromatic carbocycles. The van der Waals surface area contributed by atoms with Crippen molar-refractivity contribution in [3.8, 4) is 5.75 Å². The van der Waals surface area contributed by atoms with Crippen LogP contribution in [0, 0.1) is 6.92 Å². The number of ether oxygens (including phenoxy) is 2. The molecule has 0 fully saturated rings. The molecule has 0 aromatic heterocycles. The average molecular weight is 449 g/mol. The fourth-order valence-electron chi connectivity index (χ4n) is 2.17. The third-order valence-electron chi connectivity index (χ3n) is 3.52. The number of alkyl halides is 2. The maximum atomic E-state index is 12.2. The normalized spacial score (nSPS) is 11.2. The van der Waals surface area contributed by atoms with Gasteiger partial charge in [-0.1, -0.05) is 17.7 Å². The molecule has 156 valence electrons. The predicted octanol–water partition coefficient (Wildman–Crippen LogP) is 2.69. The maximum absolute atomic E-state index is 12.2. The minimum absolute atomic E-state index is 0.0686. The van der Waals surface area contributed by atoms with E-state index in [4.69, 9.17) is 21.5 Å². The van der Waals surface area contributed by atoms with Gasteiger partial charge in [0.2, 0.25) is 10.0 Å². The van der Waals surface area contributed by atoms with Gasteiger partial charge in [-0.3, -0.25) is 4.79 Å². The molecule has 12 heteroatoms. The summed E-state index contributed by atoms with van der Waals surface area (Å²) in [6.07, 6.45) is 0. The van der Waals surface area contributed by atoms with Gasteiger partial charge in [-0.2, -0.15) is 8.78 Å². The molecular weight excluding hydrogens is 434 g/mol. The van der Waals surface area contributed by atoms with E-state index >= 15 is 0 Å². The quantitative estimate of drug-likeness (QED) is 0.627. The number of amides is 1. The van der Waals surface area contributed by atoms with Crippen LogP contribution in [-0.4, -0.2) is 33.5 Å². The van der Waals surface area contributed by atoms with Crippen LogP contribution in [0.15, 0.2) is 41.3 Å². The third-order valence-corrected chi connectivity index (χ3v) is 4.73. The summed E-state index contributed by atoms with van der Waals surface area (Å²) < 4.78 is 56.3. The lowest BCUT2D eigenvalue weighted by molar-refractivity contribution is -0.119. The Morgan fingerprint density at radius 1 is 1.21 bits per heavy atom. The molecule has 0 heterocycles. The van der Waals surface area contributed by atoms with E-state index in [0.29, 0.717) is 5.56 Å². The first kappa shape index (κ1) is 22.5. The highest BCUT2D eigenvalue weighted by atomic mass is 35.5. The average Bonchev–Trinajstić information content (AvgIpc) is 2.61. The molecule has 0 atom stereocenters. The van der Waals surface area contributed by atoms with Gasteiger partial charge >= 0.3 is 12.6 Å². The Morgan fingerprint density at radius 2 is 1.90 bits per heavy atom. The van der Waals surface area contributed by atoms with Crippen molar-refractivity contribution in [1.82, 2.24) is 0 Å². The van der Waals surface area contributed by atoms with Gasteiger partial charge < -0.3 is 14.8 Å². The summed E-state index contributed by atoms with van der Waals surface area (Å²) in [6.45, 7) is -2.19. The van der Waals surface area contributed by atoms with E-state index in [1.165, 1.54) is 24.3 Å². The van der Waals surface area contributed by atoms with Crippen molar-refractivity contribution in [2.75, 3.05) is 11.9 Å². The van der Waals surface area contributed by atoms with E-state index < -0.39 is 35.1 Å². The second-order valence-electron chi connectivity index (χ2n) is 5.67. The van der Waals surface area contributed by atoms with Crippen LogP contribution in [0.4, 0.5) is 14.5 Å². The predicted molar refractivity (Wildman–Crippen MR) is 99.5 cm³/mol. The third kappa shape index (κ3) is 6.38. The number of halogens is 3. The molecule has 1 amide bonds. The Bertz CT molecular complexity index is 1050. The van der Waals surface area contributed by atoms with E-state index in [2.05, 4.69) is 10.1 Å². The molecule has 29 heavy (non-hydrogen) atoms. The van der Waals surface area contributed by atoms with Crippen molar-refractivity contribution in [3.05, 3.63) is 52.5 Å². The number of primary sulfonamides is 1. The Balaban J connectivity index is 2.01. The Hall–Kier alpha value is -2.76. The summed E-state index contributed by atoms with van der Waals surface area (Å²) in [5.74, 6) is -1.93. The summed E-state index contributed by atoms with van der Waals surface area (Å²) in [7, 11) is -4.02. The zero-order valence-electron chi connectivity index (χ0n) is 14.8. The molecule has 0 aliphatic rings. The summed E-state index contributed by atoms with van der Waals surface area (Å²) in [5.41, 5.74) is 0.509. The molecule has 0 bridgehead atoms. The highest BCUT2D eigenvalue weighted by Gasteiger charge is 2.17. The van der Waals surface area contributed by atoms with Crippen LogP contribution < -0.4 is 15.2 Å². The van der Waals surface area contributed by atoms with Crippen LogP contribution in [0.2, 0.25) is 5.02 Å². The monoisotopic (exact) mass is 448 g/mol. The number of aryl methyl sites for hydroxylation is 1. The second-order valence-corrected chi connectivity index (χ2v) is 7.64. The van der Waals surface area contributed by atoms with Crippen molar-refractivity contribution in [3.63, 3.8) is 0 Å². The fourth-order valence-corrected chi connectivity index (χ4v) is 2.94. The summed E-state index contributed by atoms with van der Waals surface area (Å²) in [4.78, 5) is 23.8. The number of nitrogens with two attached hydrogens (primary N) is 1. The molecule has 0 aliphatic carbocycles.